The minimum Gasteiger partial charge on any atom is -0.469 e. The molecular formula is C10H20N2O4S. The Kier molecular flexibility index (Phi) is 5.87. The van der Waals surface area contributed by atoms with Crippen molar-refractivity contribution >= 4 is 16.0 Å². The van der Waals surface area contributed by atoms with Gasteiger partial charge in [0.25, 0.3) is 0 Å². The normalized spacial score (nSPS) is 17.9. The topological polar surface area (TPSA) is 84.5 Å². The van der Waals surface area contributed by atoms with Gasteiger partial charge in [0.05, 0.1) is 12.9 Å². The maximum absolute atomic E-state index is 11.7. The molecule has 0 aliphatic carbocycles. The third kappa shape index (κ3) is 5.99. The molecule has 1 aliphatic heterocycles. The predicted molar refractivity (Wildman–Crippen MR) is 64.1 cm³/mol. The molecule has 1 aliphatic rings. The van der Waals surface area contributed by atoms with Crippen LogP contribution in [0.5, 0.6) is 0 Å². The Hall–Kier alpha value is -0.660. The van der Waals surface area contributed by atoms with E-state index in [1.807, 2.05) is 0 Å². The zero-order valence-corrected chi connectivity index (χ0v) is 10.9. The van der Waals surface area contributed by atoms with E-state index < -0.39 is 10.0 Å². The summed E-state index contributed by atoms with van der Waals surface area (Å²) in [4.78, 5) is 10.8. The van der Waals surface area contributed by atoms with Crippen LogP contribution in [0.25, 0.3) is 0 Å². The standard InChI is InChI=1S/C10H20N2O4S/c1-16-10(13)3-2-8-17(14,15)12-9-4-6-11-7-5-9/h9,11-12H,2-8H2,1H3. The third-order valence-electron chi connectivity index (χ3n) is 2.71. The Bertz CT molecular complexity index is 336. The molecule has 0 radical (unpaired) electrons. The average Bonchev–Trinajstić information content (AvgIpc) is 2.29. The smallest absolute Gasteiger partial charge is 0.305 e. The molecule has 1 fully saturated rings. The van der Waals surface area contributed by atoms with Gasteiger partial charge in [-0.05, 0) is 32.4 Å². The molecule has 1 heterocycles. The summed E-state index contributed by atoms with van der Waals surface area (Å²) < 4.78 is 30.5. The van der Waals surface area contributed by atoms with Crippen LogP contribution in [0.2, 0.25) is 0 Å². The van der Waals surface area contributed by atoms with E-state index in [2.05, 4.69) is 14.8 Å². The molecule has 17 heavy (non-hydrogen) atoms. The lowest BCUT2D eigenvalue weighted by molar-refractivity contribution is -0.140. The van der Waals surface area contributed by atoms with E-state index in [-0.39, 0.29) is 24.2 Å². The number of nitrogens with one attached hydrogen (secondary N) is 2. The second-order valence-electron chi connectivity index (χ2n) is 4.14. The fourth-order valence-electron chi connectivity index (χ4n) is 1.76. The van der Waals surface area contributed by atoms with Gasteiger partial charge in [-0.1, -0.05) is 0 Å². The molecule has 6 nitrogen and oxygen atoms in total. The highest BCUT2D eigenvalue weighted by atomic mass is 32.2. The highest BCUT2D eigenvalue weighted by Gasteiger charge is 2.19. The SMILES string of the molecule is COC(=O)CCCS(=O)(=O)NC1CCNCC1. The molecule has 1 saturated heterocycles. The zero-order chi connectivity index (χ0) is 12.7. The number of methoxy groups -OCH3 is 1. The predicted octanol–water partition coefficient (Wildman–Crippen LogP) is -0.389. The van der Waals surface area contributed by atoms with Crippen molar-refractivity contribution in [3.8, 4) is 0 Å². The summed E-state index contributed by atoms with van der Waals surface area (Å²) in [5.74, 6) is -0.395. The van der Waals surface area contributed by atoms with Gasteiger partial charge >= 0.3 is 5.97 Å². The van der Waals surface area contributed by atoms with E-state index in [4.69, 9.17) is 0 Å². The molecule has 0 unspecified atom stereocenters. The van der Waals surface area contributed by atoms with Crippen molar-refractivity contribution in [2.75, 3.05) is 26.0 Å². The molecule has 0 atom stereocenters. The monoisotopic (exact) mass is 264 g/mol. The van der Waals surface area contributed by atoms with Crippen molar-refractivity contribution < 1.29 is 17.9 Å². The van der Waals surface area contributed by atoms with Crippen LogP contribution in [-0.4, -0.2) is 46.4 Å². The number of carbonyl (C=O) groups is 1. The number of hydrogen-bond acceptors (Lipinski definition) is 5. The second-order valence-corrected chi connectivity index (χ2v) is 6.01. The Morgan fingerprint density at radius 2 is 2.06 bits per heavy atom. The van der Waals surface area contributed by atoms with Crippen molar-refractivity contribution in [1.82, 2.24) is 10.0 Å². The van der Waals surface area contributed by atoms with E-state index in [9.17, 15) is 13.2 Å². The zero-order valence-electron chi connectivity index (χ0n) is 10.1. The van der Waals surface area contributed by atoms with Gasteiger partial charge in [0.1, 0.15) is 0 Å². The minimum atomic E-state index is -3.27. The first-order valence-electron chi connectivity index (χ1n) is 5.81. The summed E-state index contributed by atoms with van der Waals surface area (Å²) in [5, 5.41) is 3.17. The lowest BCUT2D eigenvalue weighted by Crippen LogP contribution is -2.43. The molecule has 0 aromatic carbocycles. The lowest BCUT2D eigenvalue weighted by atomic mass is 10.1. The molecule has 1 rings (SSSR count). The molecule has 0 bridgehead atoms. The van der Waals surface area contributed by atoms with Crippen LogP contribution in [0.3, 0.4) is 0 Å². The molecule has 100 valence electrons. The van der Waals surface area contributed by atoms with Gasteiger partial charge in [0.15, 0.2) is 0 Å². The molecule has 0 aromatic rings. The molecular weight excluding hydrogens is 244 g/mol. The van der Waals surface area contributed by atoms with Crippen molar-refractivity contribution in [2.45, 2.75) is 31.7 Å². The maximum atomic E-state index is 11.7. The first-order valence-corrected chi connectivity index (χ1v) is 7.46. The lowest BCUT2D eigenvalue weighted by Gasteiger charge is -2.23. The van der Waals surface area contributed by atoms with E-state index >= 15 is 0 Å². The van der Waals surface area contributed by atoms with Crippen LogP contribution < -0.4 is 10.0 Å². The van der Waals surface area contributed by atoms with Crippen LogP contribution in [0.1, 0.15) is 25.7 Å². The molecule has 0 amide bonds. The van der Waals surface area contributed by atoms with Gasteiger partial charge in [0, 0.05) is 12.5 Å². The van der Waals surface area contributed by atoms with Crippen LogP contribution in [0.4, 0.5) is 0 Å². The molecule has 7 heteroatoms. The number of hydrogen-bond donors (Lipinski definition) is 2. The number of carbonyl (C=O) groups excluding carboxylic acids is 1. The van der Waals surface area contributed by atoms with Gasteiger partial charge < -0.3 is 10.1 Å². The molecule has 2 N–H and O–H groups in total. The van der Waals surface area contributed by atoms with Gasteiger partial charge in [-0.2, -0.15) is 0 Å². The largest absolute Gasteiger partial charge is 0.469 e. The summed E-state index contributed by atoms with van der Waals surface area (Å²) in [6, 6.07) is 0.0272. The van der Waals surface area contributed by atoms with Gasteiger partial charge in [-0.3, -0.25) is 4.79 Å². The van der Waals surface area contributed by atoms with Crippen molar-refractivity contribution in [3.63, 3.8) is 0 Å². The Balaban J connectivity index is 2.27. The quantitative estimate of drug-likeness (QED) is 0.638. The highest BCUT2D eigenvalue weighted by molar-refractivity contribution is 7.89. The first kappa shape index (κ1) is 14.4. The number of ether oxygens (including phenoxy) is 1. The summed E-state index contributed by atoms with van der Waals surface area (Å²) in [6.45, 7) is 1.69. The molecule has 0 saturated carbocycles. The van der Waals surface area contributed by atoms with Crippen LogP contribution in [0, 0.1) is 0 Å². The summed E-state index contributed by atoms with van der Waals surface area (Å²) in [7, 11) is -1.97. The molecule has 0 aromatic heterocycles. The second kappa shape index (κ2) is 6.93. The van der Waals surface area contributed by atoms with Gasteiger partial charge in [0.2, 0.25) is 10.0 Å². The number of esters is 1. The van der Waals surface area contributed by atoms with E-state index in [0.717, 1.165) is 25.9 Å². The number of piperidine rings is 1. The summed E-state index contributed by atoms with van der Waals surface area (Å²) >= 11 is 0. The Morgan fingerprint density at radius 1 is 1.41 bits per heavy atom. The van der Waals surface area contributed by atoms with Crippen LogP contribution in [-0.2, 0) is 19.6 Å². The Labute approximate surface area is 102 Å². The summed E-state index contributed by atoms with van der Waals surface area (Å²) in [6.07, 6.45) is 2.07. The molecule has 0 spiro atoms. The fraction of sp³-hybridized carbons (Fsp3) is 0.900. The first-order chi connectivity index (χ1) is 8.03. The van der Waals surface area contributed by atoms with E-state index in [1.54, 1.807) is 0 Å². The van der Waals surface area contributed by atoms with Crippen molar-refractivity contribution in [1.29, 1.82) is 0 Å². The fourth-order valence-corrected chi connectivity index (χ4v) is 3.15. The van der Waals surface area contributed by atoms with Crippen molar-refractivity contribution in [2.24, 2.45) is 0 Å². The van der Waals surface area contributed by atoms with E-state index in [0.29, 0.717) is 6.42 Å². The van der Waals surface area contributed by atoms with Gasteiger partial charge in [-0.15, -0.1) is 0 Å². The number of rotatable bonds is 6. The maximum Gasteiger partial charge on any atom is 0.305 e. The van der Waals surface area contributed by atoms with Crippen LogP contribution >= 0.6 is 0 Å². The van der Waals surface area contributed by atoms with Crippen molar-refractivity contribution in [3.05, 3.63) is 0 Å². The van der Waals surface area contributed by atoms with Gasteiger partial charge in [-0.25, -0.2) is 13.1 Å². The summed E-state index contributed by atoms with van der Waals surface area (Å²) in [5.41, 5.74) is 0. The van der Waals surface area contributed by atoms with Crippen LogP contribution in [0.15, 0.2) is 0 Å². The highest BCUT2D eigenvalue weighted by Crippen LogP contribution is 2.05. The van der Waals surface area contributed by atoms with E-state index in [1.165, 1.54) is 7.11 Å². The average molecular weight is 264 g/mol. The number of sulfonamides is 1. The minimum absolute atomic E-state index is 0.0218. The Morgan fingerprint density at radius 3 is 2.65 bits per heavy atom. The third-order valence-corrected chi connectivity index (χ3v) is 4.23.